The number of nitrogens with one attached hydrogen (secondary N) is 1. The van der Waals surface area contributed by atoms with Crippen LogP contribution < -0.4 is 5.32 Å². The maximum atomic E-state index is 12.2. The summed E-state index contributed by atoms with van der Waals surface area (Å²) in [6.45, 7) is 1.79. The molecule has 6 heteroatoms. The molecule has 2 amide bonds. The fourth-order valence-electron chi connectivity index (χ4n) is 3.37. The molecular weight excluding hydrogens is 370 g/mol. The number of amides is 2. The van der Waals surface area contributed by atoms with E-state index in [-0.39, 0.29) is 18.6 Å². The van der Waals surface area contributed by atoms with Crippen LogP contribution in [-0.4, -0.2) is 46.9 Å². The summed E-state index contributed by atoms with van der Waals surface area (Å²) in [6, 6.07) is 7.93. The normalized spacial score (nSPS) is 26.0. The third-order valence-corrected chi connectivity index (χ3v) is 4.92. The predicted molar refractivity (Wildman–Crippen MR) is 106 cm³/mol. The molecule has 4 unspecified atom stereocenters. The largest absolute Gasteiger partial charge is 0.394 e. The second-order valence-electron chi connectivity index (χ2n) is 7.07. The number of hydrogen-bond donors (Lipinski definition) is 3. The molecule has 1 fully saturated rings. The second kappa shape index (κ2) is 9.54. The maximum Gasteiger partial charge on any atom is 0.266 e. The lowest BCUT2D eigenvalue weighted by atomic mass is 9.92. The molecule has 1 aromatic rings. The zero-order valence-corrected chi connectivity index (χ0v) is 16.1. The Morgan fingerprint density at radius 1 is 1.17 bits per heavy atom. The first kappa shape index (κ1) is 20.8. The van der Waals surface area contributed by atoms with Crippen molar-refractivity contribution in [3.8, 4) is 23.7 Å². The van der Waals surface area contributed by atoms with Crippen LogP contribution >= 0.6 is 0 Å². The van der Waals surface area contributed by atoms with Crippen LogP contribution in [0.3, 0.4) is 0 Å². The number of aliphatic hydroxyl groups excluding tert-OH is 2. The summed E-state index contributed by atoms with van der Waals surface area (Å²) < 4.78 is 5.53. The van der Waals surface area contributed by atoms with Gasteiger partial charge in [-0.3, -0.25) is 14.9 Å². The van der Waals surface area contributed by atoms with E-state index in [0.717, 1.165) is 18.4 Å². The summed E-state index contributed by atoms with van der Waals surface area (Å²) in [5.41, 5.74) is 2.22. The Labute approximate surface area is 170 Å². The topological polar surface area (TPSA) is 95.9 Å². The van der Waals surface area contributed by atoms with E-state index < -0.39 is 36.0 Å². The molecule has 3 N–H and O–H groups in total. The number of imide groups is 1. The molecule has 1 saturated heterocycles. The molecule has 150 valence electrons. The Morgan fingerprint density at radius 2 is 1.90 bits per heavy atom. The zero-order chi connectivity index (χ0) is 20.8. The summed E-state index contributed by atoms with van der Waals surface area (Å²) in [4.78, 5) is 24.2. The Kier molecular flexibility index (Phi) is 6.85. The van der Waals surface area contributed by atoms with Crippen molar-refractivity contribution in [1.82, 2.24) is 5.32 Å². The number of aryl methyl sites for hydroxylation is 1. The molecule has 2 aliphatic heterocycles. The molecule has 0 bridgehead atoms. The minimum absolute atomic E-state index is 0.132. The molecule has 0 radical (unpaired) electrons. The highest BCUT2D eigenvalue weighted by molar-refractivity contribution is 6.11. The third-order valence-electron chi connectivity index (χ3n) is 4.92. The predicted octanol–water partition coefficient (Wildman–Crippen LogP) is 0.704. The van der Waals surface area contributed by atoms with E-state index in [9.17, 15) is 19.8 Å². The lowest BCUT2D eigenvalue weighted by molar-refractivity contribution is -0.134. The molecule has 0 saturated carbocycles. The van der Waals surface area contributed by atoms with Crippen molar-refractivity contribution in [3.63, 3.8) is 0 Å². The molecule has 6 nitrogen and oxygen atoms in total. The highest BCUT2D eigenvalue weighted by Gasteiger charge is 2.42. The number of hydrogen-bond acceptors (Lipinski definition) is 5. The Bertz CT molecular complexity index is 926. The Balaban J connectivity index is 1.72. The van der Waals surface area contributed by atoms with Crippen LogP contribution in [0.2, 0.25) is 0 Å². The first-order chi connectivity index (χ1) is 14.0. The molecule has 29 heavy (non-hydrogen) atoms. The quantitative estimate of drug-likeness (QED) is 0.517. The van der Waals surface area contributed by atoms with E-state index in [1.807, 2.05) is 24.3 Å². The van der Waals surface area contributed by atoms with Gasteiger partial charge in [0.15, 0.2) is 0 Å². The van der Waals surface area contributed by atoms with Gasteiger partial charge in [-0.05, 0) is 48.0 Å². The second-order valence-corrected chi connectivity index (χ2v) is 7.07. The smallest absolute Gasteiger partial charge is 0.266 e. The number of ether oxygens (including phenoxy) is 1. The third kappa shape index (κ3) is 5.13. The minimum Gasteiger partial charge on any atom is -0.394 e. The molecule has 1 aromatic carbocycles. The van der Waals surface area contributed by atoms with Crippen LogP contribution in [0, 0.1) is 29.6 Å². The molecule has 4 atom stereocenters. The fraction of sp³-hybridized carbons (Fsp3) is 0.391. The van der Waals surface area contributed by atoms with E-state index >= 15 is 0 Å². The van der Waals surface area contributed by atoms with Gasteiger partial charge in [-0.2, -0.15) is 0 Å². The van der Waals surface area contributed by atoms with E-state index in [0.29, 0.717) is 0 Å². The minimum atomic E-state index is -0.854. The highest BCUT2D eigenvalue weighted by atomic mass is 16.5. The SMILES string of the molecule is CCCc1ccc(C#CC#CC2=CC(C3CC(O)C(CO)O3)C(=O)NC2=O)cc1. The van der Waals surface area contributed by atoms with Gasteiger partial charge in [0.1, 0.15) is 6.10 Å². The summed E-state index contributed by atoms with van der Waals surface area (Å²) >= 11 is 0. The number of aliphatic hydroxyl groups is 2. The van der Waals surface area contributed by atoms with E-state index in [1.54, 1.807) is 0 Å². The average Bonchev–Trinajstić information content (AvgIpc) is 3.08. The number of rotatable bonds is 4. The maximum absolute atomic E-state index is 12.2. The molecule has 2 heterocycles. The van der Waals surface area contributed by atoms with E-state index in [1.165, 1.54) is 11.6 Å². The van der Waals surface area contributed by atoms with Gasteiger partial charge >= 0.3 is 0 Å². The monoisotopic (exact) mass is 393 g/mol. The number of carbonyl (C=O) groups is 2. The lowest BCUT2D eigenvalue weighted by Crippen LogP contribution is -2.44. The fourth-order valence-corrected chi connectivity index (χ4v) is 3.37. The van der Waals surface area contributed by atoms with Gasteiger partial charge in [-0.1, -0.05) is 31.4 Å². The standard InChI is InChI=1S/C23H23NO5/c1-2-5-15-8-10-16(11-9-15)6-3-4-7-17-12-18(23(28)24-22(17)27)20-13-19(26)21(14-25)29-20/h8-12,18-21,25-26H,2,5,13-14H2,1H3,(H,24,27,28). The van der Waals surface area contributed by atoms with Crippen LogP contribution in [0.15, 0.2) is 35.9 Å². The van der Waals surface area contributed by atoms with Gasteiger partial charge in [0.2, 0.25) is 5.91 Å². The lowest BCUT2D eigenvalue weighted by Gasteiger charge is -2.23. The summed E-state index contributed by atoms with van der Waals surface area (Å²) in [7, 11) is 0. The van der Waals surface area contributed by atoms with E-state index in [2.05, 4.69) is 35.9 Å². The Hall–Kier alpha value is -2.90. The molecule has 3 rings (SSSR count). The van der Waals surface area contributed by atoms with Crippen LogP contribution in [0.25, 0.3) is 0 Å². The highest BCUT2D eigenvalue weighted by Crippen LogP contribution is 2.29. The van der Waals surface area contributed by atoms with Gasteiger partial charge in [-0.15, -0.1) is 0 Å². The van der Waals surface area contributed by atoms with Gasteiger partial charge in [0.25, 0.3) is 5.91 Å². The summed E-state index contributed by atoms with van der Waals surface area (Å²) in [5, 5.41) is 21.3. The van der Waals surface area contributed by atoms with Crippen LogP contribution in [-0.2, 0) is 20.7 Å². The van der Waals surface area contributed by atoms with Crippen LogP contribution in [0.1, 0.15) is 30.9 Å². The number of benzene rings is 1. The molecule has 0 spiro atoms. The number of carbonyl (C=O) groups excluding carboxylic acids is 2. The van der Waals surface area contributed by atoms with Crippen molar-refractivity contribution in [3.05, 3.63) is 47.0 Å². The summed E-state index contributed by atoms with van der Waals surface area (Å²) in [5.74, 6) is 9.13. The van der Waals surface area contributed by atoms with E-state index in [4.69, 9.17) is 4.74 Å². The van der Waals surface area contributed by atoms with Crippen LogP contribution in [0.4, 0.5) is 0 Å². The van der Waals surface area contributed by atoms with Crippen molar-refractivity contribution < 1.29 is 24.5 Å². The summed E-state index contributed by atoms with van der Waals surface area (Å²) in [6.07, 6.45) is 1.55. The van der Waals surface area contributed by atoms with Crippen molar-refractivity contribution >= 4 is 11.8 Å². The van der Waals surface area contributed by atoms with Gasteiger partial charge in [0.05, 0.1) is 30.3 Å². The van der Waals surface area contributed by atoms with Crippen LogP contribution in [0.5, 0.6) is 0 Å². The van der Waals surface area contributed by atoms with Crippen molar-refractivity contribution in [1.29, 1.82) is 0 Å². The molecule has 2 aliphatic rings. The zero-order valence-electron chi connectivity index (χ0n) is 16.1. The molecule has 0 aliphatic carbocycles. The van der Waals surface area contributed by atoms with Gasteiger partial charge in [-0.25, -0.2) is 0 Å². The van der Waals surface area contributed by atoms with Crippen molar-refractivity contribution in [2.75, 3.05) is 6.61 Å². The molecular formula is C23H23NO5. The molecule has 0 aromatic heterocycles. The van der Waals surface area contributed by atoms with Crippen molar-refractivity contribution in [2.45, 2.75) is 44.5 Å². The average molecular weight is 393 g/mol. The Morgan fingerprint density at radius 3 is 2.55 bits per heavy atom. The first-order valence-corrected chi connectivity index (χ1v) is 9.64. The van der Waals surface area contributed by atoms with Gasteiger partial charge in [0, 0.05) is 12.0 Å². The first-order valence-electron chi connectivity index (χ1n) is 9.64. The van der Waals surface area contributed by atoms with Gasteiger partial charge < -0.3 is 14.9 Å². The van der Waals surface area contributed by atoms with Crippen molar-refractivity contribution in [2.24, 2.45) is 5.92 Å².